The van der Waals surface area contributed by atoms with Gasteiger partial charge in [0.05, 0.1) is 0 Å². The Morgan fingerprint density at radius 3 is 2.16 bits per heavy atom. The van der Waals surface area contributed by atoms with Crippen LogP contribution in [-0.2, 0) is 0 Å². The van der Waals surface area contributed by atoms with Crippen LogP contribution in [0.3, 0.4) is 0 Å². The van der Waals surface area contributed by atoms with Gasteiger partial charge in [0, 0.05) is 6.04 Å². The van der Waals surface area contributed by atoms with Crippen molar-refractivity contribution in [1.29, 1.82) is 0 Å². The molecule has 0 bridgehead atoms. The number of nitrogens with one attached hydrogen (secondary N) is 1. The summed E-state index contributed by atoms with van der Waals surface area (Å²) in [4.78, 5) is 2.69. The lowest BCUT2D eigenvalue weighted by molar-refractivity contribution is 0.196. The van der Waals surface area contributed by atoms with E-state index in [0.29, 0.717) is 0 Å². The second-order valence-corrected chi connectivity index (χ2v) is 6.31. The highest BCUT2D eigenvalue weighted by Crippen LogP contribution is 2.08. The molecule has 0 saturated heterocycles. The predicted octanol–water partition coefficient (Wildman–Crippen LogP) is 4.30. The van der Waals surface area contributed by atoms with Crippen molar-refractivity contribution in [3.05, 3.63) is 0 Å². The Hall–Kier alpha value is -0.0800. The summed E-state index contributed by atoms with van der Waals surface area (Å²) >= 11 is 0. The first-order chi connectivity index (χ1) is 9.11. The number of hydrogen-bond donors (Lipinski definition) is 1. The molecular formula is C17H38N2. The molecule has 1 atom stereocenters. The van der Waals surface area contributed by atoms with Crippen LogP contribution in [0.5, 0.6) is 0 Å². The number of rotatable bonds is 13. The van der Waals surface area contributed by atoms with Crippen LogP contribution in [0.4, 0.5) is 0 Å². The van der Waals surface area contributed by atoms with E-state index in [1.165, 1.54) is 58.2 Å². The molecule has 0 aromatic carbocycles. The average Bonchev–Trinajstić information content (AvgIpc) is 2.39. The molecular weight excluding hydrogens is 232 g/mol. The number of unbranched alkanes of at least 4 members (excludes halogenated alkanes) is 3. The van der Waals surface area contributed by atoms with E-state index in [9.17, 15) is 0 Å². The van der Waals surface area contributed by atoms with Crippen molar-refractivity contribution in [3.63, 3.8) is 0 Å². The molecule has 0 rings (SSSR count). The second-order valence-electron chi connectivity index (χ2n) is 6.31. The van der Waals surface area contributed by atoms with Gasteiger partial charge in [0.2, 0.25) is 0 Å². The first-order valence-electron chi connectivity index (χ1n) is 8.56. The zero-order chi connectivity index (χ0) is 14.5. The van der Waals surface area contributed by atoms with Crippen molar-refractivity contribution in [1.82, 2.24) is 10.2 Å². The van der Waals surface area contributed by atoms with Crippen LogP contribution in [0.15, 0.2) is 0 Å². The van der Waals surface area contributed by atoms with Crippen LogP contribution >= 0.6 is 0 Å². The van der Waals surface area contributed by atoms with Crippen molar-refractivity contribution in [2.75, 3.05) is 26.2 Å². The molecule has 19 heavy (non-hydrogen) atoms. The van der Waals surface area contributed by atoms with Gasteiger partial charge >= 0.3 is 0 Å². The Kier molecular flexibility index (Phi) is 12.9. The fourth-order valence-electron chi connectivity index (χ4n) is 2.30. The third kappa shape index (κ3) is 11.4. The lowest BCUT2D eigenvalue weighted by Gasteiger charge is -2.28. The predicted molar refractivity (Wildman–Crippen MR) is 87.8 cm³/mol. The van der Waals surface area contributed by atoms with E-state index in [4.69, 9.17) is 0 Å². The lowest BCUT2D eigenvalue weighted by Crippen LogP contribution is -2.34. The Bertz CT molecular complexity index is 180. The topological polar surface area (TPSA) is 15.3 Å². The molecule has 0 radical (unpaired) electrons. The largest absolute Gasteiger partial charge is 0.316 e. The fourth-order valence-corrected chi connectivity index (χ4v) is 2.30. The Morgan fingerprint density at radius 2 is 1.58 bits per heavy atom. The third-order valence-corrected chi connectivity index (χ3v) is 3.86. The van der Waals surface area contributed by atoms with Gasteiger partial charge in [-0.2, -0.15) is 0 Å². The molecule has 0 aliphatic carbocycles. The standard InChI is InChI=1S/C17H38N2/c1-6-8-13-19(17(5)7-2)14-11-9-10-12-18-15-16(3)4/h16-18H,6-15H2,1-5H3. The fraction of sp³-hybridized carbons (Fsp3) is 1.00. The summed E-state index contributed by atoms with van der Waals surface area (Å²) < 4.78 is 0. The summed E-state index contributed by atoms with van der Waals surface area (Å²) in [6.45, 7) is 16.4. The average molecular weight is 271 g/mol. The molecule has 0 aliphatic rings. The maximum Gasteiger partial charge on any atom is 0.00643 e. The highest BCUT2D eigenvalue weighted by atomic mass is 15.1. The molecule has 1 N–H and O–H groups in total. The number of nitrogens with zero attached hydrogens (tertiary/aromatic N) is 1. The molecule has 0 saturated carbocycles. The molecule has 0 aliphatic heterocycles. The van der Waals surface area contributed by atoms with Crippen LogP contribution in [0.2, 0.25) is 0 Å². The van der Waals surface area contributed by atoms with Gasteiger partial charge in [-0.05, 0) is 64.7 Å². The van der Waals surface area contributed by atoms with Gasteiger partial charge in [-0.15, -0.1) is 0 Å². The van der Waals surface area contributed by atoms with E-state index in [1.807, 2.05) is 0 Å². The summed E-state index contributed by atoms with van der Waals surface area (Å²) in [6, 6.07) is 0.755. The maximum absolute atomic E-state index is 3.53. The van der Waals surface area contributed by atoms with E-state index in [2.05, 4.69) is 44.8 Å². The van der Waals surface area contributed by atoms with Gasteiger partial charge < -0.3 is 10.2 Å². The van der Waals surface area contributed by atoms with Crippen molar-refractivity contribution in [2.24, 2.45) is 5.92 Å². The Labute approximate surface area is 122 Å². The van der Waals surface area contributed by atoms with Crippen molar-refractivity contribution < 1.29 is 0 Å². The van der Waals surface area contributed by atoms with Gasteiger partial charge in [0.15, 0.2) is 0 Å². The highest BCUT2D eigenvalue weighted by Gasteiger charge is 2.10. The molecule has 0 spiro atoms. The van der Waals surface area contributed by atoms with Gasteiger partial charge in [0.25, 0.3) is 0 Å². The Morgan fingerprint density at radius 1 is 0.895 bits per heavy atom. The zero-order valence-electron chi connectivity index (χ0n) is 14.2. The van der Waals surface area contributed by atoms with Crippen molar-refractivity contribution in [2.45, 2.75) is 79.2 Å². The second kappa shape index (κ2) is 12.9. The van der Waals surface area contributed by atoms with Crippen molar-refractivity contribution >= 4 is 0 Å². The van der Waals surface area contributed by atoms with Gasteiger partial charge in [0.1, 0.15) is 0 Å². The molecule has 0 aromatic rings. The lowest BCUT2D eigenvalue weighted by atomic mass is 10.1. The smallest absolute Gasteiger partial charge is 0.00643 e. The summed E-state index contributed by atoms with van der Waals surface area (Å²) in [6.07, 6.45) is 7.99. The molecule has 0 fully saturated rings. The van der Waals surface area contributed by atoms with E-state index < -0.39 is 0 Å². The first-order valence-corrected chi connectivity index (χ1v) is 8.56. The summed E-state index contributed by atoms with van der Waals surface area (Å²) in [5.74, 6) is 0.773. The first kappa shape index (κ1) is 18.9. The van der Waals surface area contributed by atoms with E-state index >= 15 is 0 Å². The molecule has 2 heteroatoms. The van der Waals surface area contributed by atoms with Gasteiger partial charge in [-0.1, -0.05) is 40.5 Å². The third-order valence-electron chi connectivity index (χ3n) is 3.86. The van der Waals surface area contributed by atoms with Crippen LogP contribution < -0.4 is 5.32 Å². The van der Waals surface area contributed by atoms with Crippen molar-refractivity contribution in [3.8, 4) is 0 Å². The van der Waals surface area contributed by atoms with E-state index in [-0.39, 0.29) is 0 Å². The Balaban J connectivity index is 3.57. The molecule has 0 amide bonds. The van der Waals surface area contributed by atoms with Crippen LogP contribution in [0.1, 0.15) is 73.1 Å². The highest BCUT2D eigenvalue weighted by molar-refractivity contribution is 4.66. The minimum Gasteiger partial charge on any atom is -0.316 e. The normalized spacial score (nSPS) is 13.4. The summed E-state index contributed by atoms with van der Waals surface area (Å²) in [5.41, 5.74) is 0. The maximum atomic E-state index is 3.53. The van der Waals surface area contributed by atoms with E-state index in [1.54, 1.807) is 0 Å². The minimum atomic E-state index is 0.755. The van der Waals surface area contributed by atoms with Crippen LogP contribution in [0, 0.1) is 5.92 Å². The van der Waals surface area contributed by atoms with Gasteiger partial charge in [-0.3, -0.25) is 0 Å². The molecule has 116 valence electrons. The minimum absolute atomic E-state index is 0.755. The SMILES string of the molecule is CCCCN(CCCCCNCC(C)C)C(C)CC. The molecule has 1 unspecified atom stereocenters. The van der Waals surface area contributed by atoms with Crippen LogP contribution in [0.25, 0.3) is 0 Å². The summed E-state index contributed by atoms with van der Waals surface area (Å²) in [7, 11) is 0. The van der Waals surface area contributed by atoms with Gasteiger partial charge in [-0.25, -0.2) is 0 Å². The monoisotopic (exact) mass is 270 g/mol. The quantitative estimate of drug-likeness (QED) is 0.502. The van der Waals surface area contributed by atoms with E-state index in [0.717, 1.165) is 18.5 Å². The molecule has 2 nitrogen and oxygen atoms in total. The number of hydrogen-bond acceptors (Lipinski definition) is 2. The summed E-state index contributed by atoms with van der Waals surface area (Å²) in [5, 5.41) is 3.53. The zero-order valence-corrected chi connectivity index (χ0v) is 14.2. The van der Waals surface area contributed by atoms with Crippen LogP contribution in [-0.4, -0.2) is 37.1 Å². The molecule has 0 aromatic heterocycles. The molecule has 0 heterocycles.